The van der Waals surface area contributed by atoms with Crippen molar-refractivity contribution in [3.63, 3.8) is 0 Å². The van der Waals surface area contributed by atoms with Crippen molar-refractivity contribution in [2.45, 2.75) is 51.1 Å². The molecule has 0 aromatic heterocycles. The molecule has 0 spiro atoms. The smallest absolute Gasteiger partial charge is 0.226 e. The second-order valence-electron chi connectivity index (χ2n) is 8.45. The molecule has 4 nitrogen and oxygen atoms in total. The number of nitrogens with one attached hydrogen (secondary N) is 1. The summed E-state index contributed by atoms with van der Waals surface area (Å²) in [6.45, 7) is 5.59. The Hall–Kier alpha value is -1.65. The summed E-state index contributed by atoms with van der Waals surface area (Å²) >= 11 is 0. The molecule has 3 unspecified atom stereocenters. The number of benzene rings is 1. The van der Waals surface area contributed by atoms with Gasteiger partial charge in [0.25, 0.3) is 0 Å². The Bertz CT molecular complexity index is 672. The summed E-state index contributed by atoms with van der Waals surface area (Å²) in [5, 5.41) is 3.82. The van der Waals surface area contributed by atoms with Crippen molar-refractivity contribution in [3.05, 3.63) is 42.0 Å². The molecule has 4 rings (SSSR count). The zero-order valence-electron chi connectivity index (χ0n) is 16.4. The van der Waals surface area contributed by atoms with Gasteiger partial charge in [0.05, 0.1) is 6.61 Å². The van der Waals surface area contributed by atoms with Crippen molar-refractivity contribution in [3.8, 4) is 0 Å². The van der Waals surface area contributed by atoms with Crippen LogP contribution in [0.15, 0.2) is 36.4 Å². The third kappa shape index (κ3) is 4.44. The van der Waals surface area contributed by atoms with Crippen molar-refractivity contribution in [2.75, 3.05) is 26.3 Å². The maximum Gasteiger partial charge on any atom is 0.226 e. The summed E-state index contributed by atoms with van der Waals surface area (Å²) in [6.07, 6.45) is 7.44. The zero-order chi connectivity index (χ0) is 18.6. The van der Waals surface area contributed by atoms with Crippen LogP contribution < -0.4 is 5.32 Å². The standard InChI is InChI=1S/C23H32N2O2/c1-17-16-27-14-11-22(17)24-21-8-7-20(15-21)23(26)25-12-9-19(10-13-25)18-5-3-2-4-6-18/h2-6,9,17,20-22,24H,7-8,10-16H2,1H3/t17?,20-,21?,22?/m0/s1. The fourth-order valence-electron chi connectivity index (χ4n) is 4.83. The van der Waals surface area contributed by atoms with Gasteiger partial charge in [-0.3, -0.25) is 4.79 Å². The van der Waals surface area contributed by atoms with Gasteiger partial charge in [-0.2, -0.15) is 0 Å². The van der Waals surface area contributed by atoms with E-state index >= 15 is 0 Å². The van der Waals surface area contributed by atoms with Crippen LogP contribution >= 0.6 is 0 Å². The SMILES string of the molecule is CC1COCCC1NC1CC[C@H](C(=O)N2CC=C(c3ccccc3)CC2)C1. The Labute approximate surface area is 163 Å². The Morgan fingerprint density at radius 1 is 1.19 bits per heavy atom. The third-order valence-corrected chi connectivity index (χ3v) is 6.54. The number of hydrogen-bond donors (Lipinski definition) is 1. The van der Waals surface area contributed by atoms with Crippen LogP contribution in [-0.4, -0.2) is 49.2 Å². The third-order valence-electron chi connectivity index (χ3n) is 6.54. The maximum atomic E-state index is 13.0. The molecule has 2 aliphatic heterocycles. The molecule has 1 N–H and O–H groups in total. The molecule has 4 atom stereocenters. The minimum atomic E-state index is 0.198. The van der Waals surface area contributed by atoms with Gasteiger partial charge < -0.3 is 15.0 Å². The molecule has 1 aromatic carbocycles. The number of nitrogens with zero attached hydrogens (tertiary/aromatic N) is 1. The molecular weight excluding hydrogens is 336 g/mol. The van der Waals surface area contributed by atoms with Crippen LogP contribution in [-0.2, 0) is 9.53 Å². The monoisotopic (exact) mass is 368 g/mol. The van der Waals surface area contributed by atoms with Gasteiger partial charge in [-0.1, -0.05) is 43.3 Å². The summed E-state index contributed by atoms with van der Waals surface area (Å²) in [4.78, 5) is 15.1. The van der Waals surface area contributed by atoms with Crippen LogP contribution in [0.2, 0.25) is 0 Å². The molecule has 0 radical (unpaired) electrons. The van der Waals surface area contributed by atoms with Crippen molar-refractivity contribution in [2.24, 2.45) is 11.8 Å². The molecule has 1 aromatic rings. The van der Waals surface area contributed by atoms with Gasteiger partial charge in [0, 0.05) is 37.7 Å². The number of carbonyl (C=O) groups is 1. The van der Waals surface area contributed by atoms with E-state index in [0.717, 1.165) is 58.4 Å². The fraction of sp³-hybridized carbons (Fsp3) is 0.609. The number of hydrogen-bond acceptors (Lipinski definition) is 3. The molecule has 146 valence electrons. The summed E-state index contributed by atoms with van der Waals surface area (Å²) in [5.74, 6) is 1.13. The molecular formula is C23H32N2O2. The van der Waals surface area contributed by atoms with Gasteiger partial charge in [0.1, 0.15) is 0 Å². The Balaban J connectivity index is 1.29. The van der Waals surface area contributed by atoms with Crippen LogP contribution in [0.5, 0.6) is 0 Å². The van der Waals surface area contributed by atoms with Crippen molar-refractivity contribution in [1.82, 2.24) is 10.2 Å². The summed E-state index contributed by atoms with van der Waals surface area (Å²) in [5.41, 5.74) is 2.67. The average Bonchev–Trinajstić information content (AvgIpc) is 3.18. The Morgan fingerprint density at radius 2 is 2.04 bits per heavy atom. The molecule has 0 bridgehead atoms. The minimum Gasteiger partial charge on any atom is -0.381 e. The van der Waals surface area contributed by atoms with Gasteiger partial charge in [-0.15, -0.1) is 0 Å². The lowest BCUT2D eigenvalue weighted by Gasteiger charge is -2.32. The van der Waals surface area contributed by atoms with E-state index in [1.165, 1.54) is 11.1 Å². The highest BCUT2D eigenvalue weighted by Crippen LogP contribution is 2.30. The largest absolute Gasteiger partial charge is 0.381 e. The number of rotatable bonds is 4. The molecule has 1 saturated carbocycles. The highest BCUT2D eigenvalue weighted by molar-refractivity contribution is 5.81. The van der Waals surface area contributed by atoms with E-state index in [4.69, 9.17) is 4.74 Å². The quantitative estimate of drug-likeness (QED) is 0.885. The lowest BCUT2D eigenvalue weighted by Crippen LogP contribution is -2.46. The summed E-state index contributed by atoms with van der Waals surface area (Å²) in [7, 11) is 0. The first-order valence-corrected chi connectivity index (χ1v) is 10.6. The molecule has 2 fully saturated rings. The second kappa shape index (κ2) is 8.57. The first kappa shape index (κ1) is 18.7. The van der Waals surface area contributed by atoms with Crippen LogP contribution in [0.4, 0.5) is 0 Å². The maximum absolute atomic E-state index is 13.0. The van der Waals surface area contributed by atoms with Crippen LogP contribution in [0.1, 0.15) is 44.6 Å². The minimum absolute atomic E-state index is 0.198. The highest BCUT2D eigenvalue weighted by Gasteiger charge is 2.35. The molecule has 4 heteroatoms. The van der Waals surface area contributed by atoms with Crippen molar-refractivity contribution >= 4 is 11.5 Å². The van der Waals surface area contributed by atoms with E-state index < -0.39 is 0 Å². The van der Waals surface area contributed by atoms with E-state index in [1.807, 2.05) is 6.07 Å². The van der Waals surface area contributed by atoms with Gasteiger partial charge >= 0.3 is 0 Å². The fourth-order valence-corrected chi connectivity index (χ4v) is 4.83. The van der Waals surface area contributed by atoms with Gasteiger partial charge in [0.15, 0.2) is 0 Å². The predicted molar refractivity (Wildman–Crippen MR) is 108 cm³/mol. The Morgan fingerprint density at radius 3 is 2.78 bits per heavy atom. The molecule has 3 aliphatic rings. The summed E-state index contributed by atoms with van der Waals surface area (Å²) in [6, 6.07) is 11.6. The highest BCUT2D eigenvalue weighted by atomic mass is 16.5. The van der Waals surface area contributed by atoms with Crippen LogP contribution in [0.3, 0.4) is 0 Å². The first-order chi connectivity index (χ1) is 13.2. The lowest BCUT2D eigenvalue weighted by molar-refractivity contribution is -0.134. The van der Waals surface area contributed by atoms with Gasteiger partial charge in [0.2, 0.25) is 5.91 Å². The van der Waals surface area contributed by atoms with E-state index in [9.17, 15) is 4.79 Å². The lowest BCUT2D eigenvalue weighted by atomic mass is 9.96. The number of ether oxygens (including phenoxy) is 1. The van der Waals surface area contributed by atoms with Gasteiger partial charge in [-0.25, -0.2) is 0 Å². The van der Waals surface area contributed by atoms with E-state index in [0.29, 0.717) is 23.9 Å². The number of carbonyl (C=O) groups excluding carboxylic acids is 1. The topological polar surface area (TPSA) is 41.6 Å². The first-order valence-electron chi connectivity index (χ1n) is 10.6. The average molecular weight is 369 g/mol. The number of amides is 1. The van der Waals surface area contributed by atoms with Gasteiger partial charge in [-0.05, 0) is 49.2 Å². The molecule has 2 heterocycles. The normalized spacial score (nSPS) is 31.6. The predicted octanol–water partition coefficient (Wildman–Crippen LogP) is 3.49. The molecule has 27 heavy (non-hydrogen) atoms. The van der Waals surface area contributed by atoms with E-state index in [1.54, 1.807) is 0 Å². The van der Waals surface area contributed by atoms with Crippen molar-refractivity contribution < 1.29 is 9.53 Å². The molecule has 1 amide bonds. The summed E-state index contributed by atoms with van der Waals surface area (Å²) < 4.78 is 5.55. The molecule has 1 saturated heterocycles. The molecule has 1 aliphatic carbocycles. The van der Waals surface area contributed by atoms with Crippen molar-refractivity contribution in [1.29, 1.82) is 0 Å². The van der Waals surface area contributed by atoms with Crippen LogP contribution in [0, 0.1) is 11.8 Å². The van der Waals surface area contributed by atoms with E-state index in [2.05, 4.69) is 47.5 Å². The zero-order valence-corrected chi connectivity index (χ0v) is 16.4. The van der Waals surface area contributed by atoms with E-state index in [-0.39, 0.29) is 5.92 Å². The second-order valence-corrected chi connectivity index (χ2v) is 8.45. The Kier molecular flexibility index (Phi) is 5.94. The van der Waals surface area contributed by atoms with Crippen LogP contribution in [0.25, 0.3) is 5.57 Å².